The van der Waals surface area contributed by atoms with Gasteiger partial charge in [-0.05, 0) is 32.4 Å². The fourth-order valence-corrected chi connectivity index (χ4v) is 3.14. The third-order valence-electron chi connectivity index (χ3n) is 3.03. The quantitative estimate of drug-likeness (QED) is 0.681. The van der Waals surface area contributed by atoms with Crippen LogP contribution in [0, 0.1) is 0 Å². The first-order valence-electron chi connectivity index (χ1n) is 5.91. The summed E-state index contributed by atoms with van der Waals surface area (Å²) in [5, 5.41) is 0. The van der Waals surface area contributed by atoms with Gasteiger partial charge in [-0.25, -0.2) is 13.1 Å². The van der Waals surface area contributed by atoms with Gasteiger partial charge in [0.25, 0.3) is 0 Å². The molecule has 0 aromatic rings. The van der Waals surface area contributed by atoms with E-state index >= 15 is 0 Å². The van der Waals surface area contributed by atoms with Gasteiger partial charge in [-0.2, -0.15) is 0 Å². The molecule has 0 spiro atoms. The summed E-state index contributed by atoms with van der Waals surface area (Å²) in [7, 11) is -3.11. The molecule has 94 valence electrons. The normalized spacial score (nSPS) is 22.4. The van der Waals surface area contributed by atoms with Gasteiger partial charge in [0.05, 0.1) is 5.75 Å². The first-order chi connectivity index (χ1) is 7.59. The minimum Gasteiger partial charge on any atom is -0.299 e. The molecule has 1 saturated heterocycles. The van der Waals surface area contributed by atoms with E-state index in [9.17, 15) is 8.42 Å². The van der Waals surface area contributed by atoms with E-state index in [0.717, 1.165) is 19.5 Å². The first kappa shape index (κ1) is 13.7. The summed E-state index contributed by atoms with van der Waals surface area (Å²) >= 11 is 0. The molecule has 0 amide bonds. The van der Waals surface area contributed by atoms with Crippen molar-refractivity contribution in [1.29, 1.82) is 0 Å². The Bertz CT molecular complexity index is 314. The summed E-state index contributed by atoms with van der Waals surface area (Å²) in [5.41, 5.74) is 0. The van der Waals surface area contributed by atoms with E-state index in [1.807, 2.05) is 0 Å². The molecule has 16 heavy (non-hydrogen) atoms. The van der Waals surface area contributed by atoms with Crippen LogP contribution in [0.1, 0.15) is 26.2 Å². The van der Waals surface area contributed by atoms with Crippen LogP contribution in [-0.4, -0.2) is 44.7 Å². The third-order valence-corrected chi connectivity index (χ3v) is 4.41. The molecular weight excluding hydrogens is 224 g/mol. The number of nitrogens with zero attached hydrogens (tertiary/aromatic N) is 1. The Morgan fingerprint density at radius 3 is 2.94 bits per heavy atom. The zero-order valence-electron chi connectivity index (χ0n) is 9.98. The lowest BCUT2D eigenvalue weighted by Crippen LogP contribution is -2.40. The van der Waals surface area contributed by atoms with Crippen molar-refractivity contribution in [2.45, 2.75) is 32.2 Å². The highest BCUT2D eigenvalue weighted by Crippen LogP contribution is 2.15. The van der Waals surface area contributed by atoms with Gasteiger partial charge in [-0.3, -0.25) is 4.90 Å². The van der Waals surface area contributed by atoms with Gasteiger partial charge in [0, 0.05) is 12.6 Å². The molecule has 0 aromatic carbocycles. The Kier molecular flexibility index (Phi) is 5.44. The van der Waals surface area contributed by atoms with Gasteiger partial charge in [0.2, 0.25) is 10.0 Å². The van der Waals surface area contributed by atoms with Crippen LogP contribution in [0.4, 0.5) is 0 Å². The highest BCUT2D eigenvalue weighted by Gasteiger charge is 2.24. The lowest BCUT2D eigenvalue weighted by molar-refractivity contribution is 0.268. The predicted octanol–water partition coefficient (Wildman–Crippen LogP) is 0.966. The van der Waals surface area contributed by atoms with Crippen molar-refractivity contribution in [3.63, 3.8) is 0 Å². The topological polar surface area (TPSA) is 49.4 Å². The summed E-state index contributed by atoms with van der Waals surface area (Å²) < 4.78 is 25.8. The van der Waals surface area contributed by atoms with Crippen molar-refractivity contribution < 1.29 is 8.42 Å². The fourth-order valence-electron chi connectivity index (χ4n) is 2.08. The van der Waals surface area contributed by atoms with Gasteiger partial charge in [-0.1, -0.05) is 13.0 Å². The van der Waals surface area contributed by atoms with Crippen LogP contribution in [0.15, 0.2) is 12.7 Å². The Labute approximate surface area is 98.8 Å². The first-order valence-corrected chi connectivity index (χ1v) is 7.56. The Hall–Kier alpha value is -0.390. The van der Waals surface area contributed by atoms with Gasteiger partial charge in [-0.15, -0.1) is 6.58 Å². The van der Waals surface area contributed by atoms with E-state index in [-0.39, 0.29) is 5.75 Å². The minimum atomic E-state index is -3.11. The van der Waals surface area contributed by atoms with Crippen molar-refractivity contribution in [3.05, 3.63) is 12.7 Å². The summed E-state index contributed by atoms with van der Waals surface area (Å²) in [5.74, 6) is 0.148. The molecule has 1 atom stereocenters. The number of allylic oxidation sites excluding steroid dienone is 1. The van der Waals surface area contributed by atoms with Gasteiger partial charge < -0.3 is 0 Å². The van der Waals surface area contributed by atoms with Crippen LogP contribution in [-0.2, 0) is 10.0 Å². The Morgan fingerprint density at radius 2 is 2.31 bits per heavy atom. The average Bonchev–Trinajstić information content (AvgIpc) is 2.71. The molecule has 0 radical (unpaired) electrons. The number of hydrogen-bond acceptors (Lipinski definition) is 3. The SMILES string of the molecule is C=CCCS(=O)(=O)NC[C@H]1CCCN1CC. The molecule has 1 N–H and O–H groups in total. The summed E-state index contributed by atoms with van der Waals surface area (Å²) in [4.78, 5) is 2.33. The number of likely N-dealkylation sites (N-methyl/N-ethyl adjacent to an activating group) is 1. The van der Waals surface area contributed by atoms with E-state index in [0.29, 0.717) is 19.0 Å². The monoisotopic (exact) mass is 246 g/mol. The maximum Gasteiger partial charge on any atom is 0.211 e. The Morgan fingerprint density at radius 1 is 1.56 bits per heavy atom. The molecule has 0 aliphatic carbocycles. The van der Waals surface area contributed by atoms with Crippen LogP contribution in [0.5, 0.6) is 0 Å². The van der Waals surface area contributed by atoms with E-state index in [1.54, 1.807) is 6.08 Å². The standard InChI is InChI=1S/C11H22N2O2S/c1-3-5-9-16(14,15)12-10-11-7-6-8-13(11)4-2/h3,11-12H,1,4-10H2,2H3/t11-/m1/s1. The number of likely N-dealkylation sites (tertiary alicyclic amines) is 1. The zero-order chi connectivity index (χ0) is 12.0. The molecule has 1 aliphatic rings. The fraction of sp³-hybridized carbons (Fsp3) is 0.818. The maximum atomic E-state index is 11.6. The van der Waals surface area contributed by atoms with E-state index < -0.39 is 10.0 Å². The van der Waals surface area contributed by atoms with E-state index in [2.05, 4.69) is 23.1 Å². The van der Waals surface area contributed by atoms with Crippen LogP contribution < -0.4 is 4.72 Å². The Balaban J connectivity index is 2.35. The van der Waals surface area contributed by atoms with Crippen LogP contribution in [0.2, 0.25) is 0 Å². The van der Waals surface area contributed by atoms with Crippen molar-refractivity contribution >= 4 is 10.0 Å². The second-order valence-electron chi connectivity index (χ2n) is 4.17. The van der Waals surface area contributed by atoms with Gasteiger partial charge in [0.15, 0.2) is 0 Å². The van der Waals surface area contributed by atoms with Crippen molar-refractivity contribution in [3.8, 4) is 0 Å². The molecule has 0 saturated carbocycles. The molecule has 5 heteroatoms. The molecule has 0 aromatic heterocycles. The summed E-state index contributed by atoms with van der Waals surface area (Å²) in [6.07, 6.45) is 4.41. The minimum absolute atomic E-state index is 0.148. The van der Waals surface area contributed by atoms with E-state index in [4.69, 9.17) is 0 Å². The largest absolute Gasteiger partial charge is 0.299 e. The average molecular weight is 246 g/mol. The van der Waals surface area contributed by atoms with Crippen LogP contribution in [0.25, 0.3) is 0 Å². The van der Waals surface area contributed by atoms with Gasteiger partial charge in [0.1, 0.15) is 0 Å². The van der Waals surface area contributed by atoms with Gasteiger partial charge >= 0.3 is 0 Å². The maximum absolute atomic E-state index is 11.6. The lowest BCUT2D eigenvalue weighted by Gasteiger charge is -2.22. The van der Waals surface area contributed by atoms with Crippen LogP contribution >= 0.6 is 0 Å². The highest BCUT2D eigenvalue weighted by molar-refractivity contribution is 7.89. The molecule has 0 unspecified atom stereocenters. The molecule has 1 heterocycles. The molecule has 0 bridgehead atoms. The number of nitrogens with one attached hydrogen (secondary N) is 1. The predicted molar refractivity (Wildman–Crippen MR) is 66.9 cm³/mol. The highest BCUT2D eigenvalue weighted by atomic mass is 32.2. The lowest BCUT2D eigenvalue weighted by atomic mass is 10.2. The van der Waals surface area contributed by atoms with Crippen molar-refractivity contribution in [2.75, 3.05) is 25.4 Å². The van der Waals surface area contributed by atoms with Crippen molar-refractivity contribution in [2.24, 2.45) is 0 Å². The molecular formula is C11H22N2O2S. The zero-order valence-corrected chi connectivity index (χ0v) is 10.8. The molecule has 1 aliphatic heterocycles. The molecule has 1 rings (SSSR count). The molecule has 4 nitrogen and oxygen atoms in total. The number of rotatable bonds is 7. The van der Waals surface area contributed by atoms with Crippen LogP contribution in [0.3, 0.4) is 0 Å². The smallest absolute Gasteiger partial charge is 0.211 e. The summed E-state index contributed by atoms with van der Waals surface area (Å²) in [6, 6.07) is 0.378. The number of hydrogen-bond donors (Lipinski definition) is 1. The van der Waals surface area contributed by atoms with Crippen molar-refractivity contribution in [1.82, 2.24) is 9.62 Å². The summed E-state index contributed by atoms with van der Waals surface area (Å²) in [6.45, 7) is 8.28. The third kappa shape index (κ3) is 4.23. The molecule has 1 fully saturated rings. The van der Waals surface area contributed by atoms with E-state index in [1.165, 1.54) is 6.42 Å². The number of sulfonamides is 1. The second kappa shape index (κ2) is 6.37. The second-order valence-corrected chi connectivity index (χ2v) is 6.10.